The molecule has 1 N–H and O–H groups in total. The minimum absolute atomic E-state index is 0.0503. The second kappa shape index (κ2) is 6.94. The fraction of sp³-hybridized carbons (Fsp3) is 0.588. The molecule has 0 radical (unpaired) electrons. The smallest absolute Gasteiger partial charge is 0.326 e. The van der Waals surface area contributed by atoms with Crippen LogP contribution in [0.1, 0.15) is 38.7 Å². The zero-order chi connectivity index (χ0) is 15.3. The van der Waals surface area contributed by atoms with Crippen molar-refractivity contribution in [2.45, 2.75) is 51.2 Å². The zero-order valence-corrected chi connectivity index (χ0v) is 13.1. The number of hydrogen-bond donors (Lipinski definition) is 1. The highest BCUT2D eigenvalue weighted by atomic mass is 16.5. The van der Waals surface area contributed by atoms with E-state index in [-0.39, 0.29) is 12.1 Å². The van der Waals surface area contributed by atoms with Gasteiger partial charge in [0.15, 0.2) is 0 Å². The maximum atomic E-state index is 12.1. The highest BCUT2D eigenvalue weighted by Gasteiger charge is 2.46. The molecule has 0 amide bonds. The summed E-state index contributed by atoms with van der Waals surface area (Å²) in [5.74, 6) is 0.702. The van der Waals surface area contributed by atoms with E-state index in [4.69, 9.17) is 9.47 Å². The Labute approximate surface area is 126 Å². The molecule has 1 aliphatic rings. The predicted molar refractivity (Wildman–Crippen MR) is 82.5 cm³/mol. The number of benzene rings is 1. The van der Waals surface area contributed by atoms with E-state index in [1.807, 2.05) is 26.1 Å². The summed E-state index contributed by atoms with van der Waals surface area (Å²) in [6, 6.07) is 8.17. The third-order valence-corrected chi connectivity index (χ3v) is 4.25. The SMILES string of the molecule is CCOC(=O)C1(NC)CCC(Oc2ccc(CC)cc2)C1. The first-order chi connectivity index (χ1) is 10.1. The molecule has 1 aromatic rings. The minimum Gasteiger partial charge on any atom is -0.490 e. The average molecular weight is 291 g/mol. The normalized spacial score (nSPS) is 24.8. The molecular formula is C17H25NO3. The third-order valence-electron chi connectivity index (χ3n) is 4.25. The highest BCUT2D eigenvalue weighted by Crippen LogP contribution is 2.33. The van der Waals surface area contributed by atoms with Crippen LogP contribution in [0.5, 0.6) is 5.75 Å². The quantitative estimate of drug-likeness (QED) is 0.819. The van der Waals surface area contributed by atoms with Gasteiger partial charge in [0, 0.05) is 6.42 Å². The molecule has 0 aromatic heterocycles. The number of esters is 1. The first kappa shape index (κ1) is 15.8. The molecule has 1 aliphatic carbocycles. The summed E-state index contributed by atoms with van der Waals surface area (Å²) < 4.78 is 11.2. The Morgan fingerprint density at radius 2 is 2.05 bits per heavy atom. The molecule has 1 saturated carbocycles. The molecule has 4 heteroatoms. The van der Waals surface area contributed by atoms with Gasteiger partial charge in [-0.2, -0.15) is 0 Å². The maximum Gasteiger partial charge on any atom is 0.326 e. The lowest BCUT2D eigenvalue weighted by Crippen LogP contribution is -2.49. The molecule has 2 unspecified atom stereocenters. The van der Waals surface area contributed by atoms with Gasteiger partial charge in [-0.1, -0.05) is 19.1 Å². The second-order valence-electron chi connectivity index (χ2n) is 5.53. The number of carbonyl (C=O) groups is 1. The van der Waals surface area contributed by atoms with E-state index < -0.39 is 5.54 Å². The number of likely N-dealkylation sites (N-methyl/N-ethyl adjacent to an activating group) is 1. The Balaban J connectivity index is 1.98. The lowest BCUT2D eigenvalue weighted by molar-refractivity contribution is -0.151. The zero-order valence-electron chi connectivity index (χ0n) is 13.1. The standard InChI is InChI=1S/C17H25NO3/c1-4-13-6-8-14(9-7-13)21-15-10-11-17(12-15,18-3)16(19)20-5-2/h6-9,15,18H,4-5,10-12H2,1-3H3. The molecule has 116 valence electrons. The number of aryl methyl sites for hydroxylation is 1. The Kier molecular flexibility index (Phi) is 5.23. The van der Waals surface area contributed by atoms with Crippen molar-refractivity contribution in [3.05, 3.63) is 29.8 Å². The molecule has 0 aliphatic heterocycles. The van der Waals surface area contributed by atoms with Crippen molar-refractivity contribution in [3.8, 4) is 5.75 Å². The van der Waals surface area contributed by atoms with Crippen molar-refractivity contribution in [3.63, 3.8) is 0 Å². The van der Waals surface area contributed by atoms with Crippen LogP contribution < -0.4 is 10.1 Å². The molecule has 0 bridgehead atoms. The van der Waals surface area contributed by atoms with Crippen LogP contribution >= 0.6 is 0 Å². The van der Waals surface area contributed by atoms with E-state index in [9.17, 15) is 4.79 Å². The highest BCUT2D eigenvalue weighted by molar-refractivity contribution is 5.81. The summed E-state index contributed by atoms with van der Waals surface area (Å²) in [6.45, 7) is 4.37. The Morgan fingerprint density at radius 3 is 2.62 bits per heavy atom. The van der Waals surface area contributed by atoms with Crippen LogP contribution in [0.15, 0.2) is 24.3 Å². The van der Waals surface area contributed by atoms with Gasteiger partial charge in [0.1, 0.15) is 17.4 Å². The van der Waals surface area contributed by atoms with Crippen molar-refractivity contribution < 1.29 is 14.3 Å². The molecule has 1 fully saturated rings. The Morgan fingerprint density at radius 1 is 1.33 bits per heavy atom. The van der Waals surface area contributed by atoms with Crippen LogP contribution in [0.3, 0.4) is 0 Å². The molecule has 0 heterocycles. The summed E-state index contributed by atoms with van der Waals surface area (Å²) in [5.41, 5.74) is 0.703. The lowest BCUT2D eigenvalue weighted by Gasteiger charge is -2.26. The molecule has 0 saturated heterocycles. The molecule has 1 aromatic carbocycles. The van der Waals surface area contributed by atoms with Crippen LogP contribution in [0.4, 0.5) is 0 Å². The van der Waals surface area contributed by atoms with Gasteiger partial charge >= 0.3 is 5.97 Å². The van der Waals surface area contributed by atoms with E-state index in [0.717, 1.165) is 25.0 Å². The second-order valence-corrected chi connectivity index (χ2v) is 5.53. The van der Waals surface area contributed by atoms with Crippen LogP contribution in [-0.2, 0) is 16.0 Å². The summed E-state index contributed by atoms with van der Waals surface area (Å²) in [7, 11) is 1.81. The number of rotatable bonds is 6. The van der Waals surface area contributed by atoms with Gasteiger partial charge in [0.25, 0.3) is 0 Å². The van der Waals surface area contributed by atoms with Gasteiger partial charge in [-0.25, -0.2) is 0 Å². The summed E-state index contributed by atoms with van der Waals surface area (Å²) in [5, 5.41) is 3.14. The van der Waals surface area contributed by atoms with Gasteiger partial charge in [-0.15, -0.1) is 0 Å². The third kappa shape index (κ3) is 3.56. The molecule has 2 rings (SSSR count). The summed E-state index contributed by atoms with van der Waals surface area (Å²) in [4.78, 5) is 12.1. The minimum atomic E-state index is -0.593. The summed E-state index contributed by atoms with van der Waals surface area (Å²) in [6.07, 6.45) is 3.33. The van der Waals surface area contributed by atoms with Crippen molar-refractivity contribution in [1.82, 2.24) is 5.32 Å². The van der Waals surface area contributed by atoms with Crippen LogP contribution in [0.25, 0.3) is 0 Å². The van der Waals surface area contributed by atoms with E-state index in [1.165, 1.54) is 5.56 Å². The topological polar surface area (TPSA) is 47.6 Å². The van der Waals surface area contributed by atoms with E-state index in [1.54, 1.807) is 0 Å². The van der Waals surface area contributed by atoms with Gasteiger partial charge in [0.2, 0.25) is 0 Å². The van der Waals surface area contributed by atoms with E-state index in [0.29, 0.717) is 13.0 Å². The number of ether oxygens (including phenoxy) is 2. The van der Waals surface area contributed by atoms with Crippen LogP contribution in [0, 0.1) is 0 Å². The number of nitrogens with one attached hydrogen (secondary N) is 1. The van der Waals surface area contributed by atoms with Gasteiger partial charge in [-0.3, -0.25) is 4.79 Å². The van der Waals surface area contributed by atoms with Gasteiger partial charge in [-0.05, 0) is 50.9 Å². The van der Waals surface area contributed by atoms with Crippen LogP contribution in [0.2, 0.25) is 0 Å². The molecule has 2 atom stereocenters. The van der Waals surface area contributed by atoms with E-state index >= 15 is 0 Å². The Bertz CT molecular complexity index is 471. The fourth-order valence-corrected chi connectivity index (χ4v) is 2.88. The van der Waals surface area contributed by atoms with Crippen LogP contribution in [-0.4, -0.2) is 31.3 Å². The van der Waals surface area contributed by atoms with E-state index in [2.05, 4.69) is 24.4 Å². The van der Waals surface area contributed by atoms with Crippen molar-refractivity contribution in [2.24, 2.45) is 0 Å². The molecule has 0 spiro atoms. The summed E-state index contributed by atoms with van der Waals surface area (Å²) >= 11 is 0. The van der Waals surface area contributed by atoms with Gasteiger partial charge in [0.05, 0.1) is 6.61 Å². The van der Waals surface area contributed by atoms with Crippen molar-refractivity contribution >= 4 is 5.97 Å². The largest absolute Gasteiger partial charge is 0.490 e. The monoisotopic (exact) mass is 291 g/mol. The molecular weight excluding hydrogens is 266 g/mol. The van der Waals surface area contributed by atoms with Crippen molar-refractivity contribution in [1.29, 1.82) is 0 Å². The fourth-order valence-electron chi connectivity index (χ4n) is 2.88. The van der Waals surface area contributed by atoms with Crippen molar-refractivity contribution in [2.75, 3.05) is 13.7 Å². The number of hydrogen-bond acceptors (Lipinski definition) is 4. The molecule has 4 nitrogen and oxygen atoms in total. The molecule has 21 heavy (non-hydrogen) atoms. The Hall–Kier alpha value is -1.55. The number of carbonyl (C=O) groups excluding carboxylic acids is 1. The maximum absolute atomic E-state index is 12.1. The predicted octanol–water partition coefficient (Wildman–Crippen LogP) is 2.70. The lowest BCUT2D eigenvalue weighted by atomic mass is 9.98. The first-order valence-electron chi connectivity index (χ1n) is 7.75. The van der Waals surface area contributed by atoms with Gasteiger partial charge < -0.3 is 14.8 Å². The first-order valence-corrected chi connectivity index (χ1v) is 7.75. The average Bonchev–Trinajstić information content (AvgIpc) is 2.93.